The molecule has 6 nitrogen and oxygen atoms in total. The molecular formula is C21H22ClNO5. The van der Waals surface area contributed by atoms with E-state index in [9.17, 15) is 9.59 Å². The van der Waals surface area contributed by atoms with Crippen molar-refractivity contribution < 1.29 is 23.8 Å². The Morgan fingerprint density at radius 1 is 1.11 bits per heavy atom. The lowest BCUT2D eigenvalue weighted by atomic mass is 9.95. The lowest BCUT2D eigenvalue weighted by molar-refractivity contribution is -0.125. The highest BCUT2D eigenvalue weighted by Gasteiger charge is 2.22. The second-order valence-electron chi connectivity index (χ2n) is 6.75. The predicted octanol–water partition coefficient (Wildman–Crippen LogP) is 3.78. The Bertz CT molecular complexity index is 868. The molecule has 7 heteroatoms. The molecule has 1 aliphatic rings. The number of hydrogen-bond donors (Lipinski definition) is 1. The van der Waals surface area contributed by atoms with Crippen molar-refractivity contribution in [2.24, 2.45) is 5.92 Å². The fraction of sp³-hybridized carbons (Fsp3) is 0.333. The SMILES string of the molecule is CC(C)[C@H](NC(=O)COC(=O)c1ccccc1Cl)c1ccc2c(c1)OCCO2. The summed E-state index contributed by atoms with van der Waals surface area (Å²) in [5.74, 6) is 0.437. The molecule has 1 N–H and O–H groups in total. The van der Waals surface area contributed by atoms with Crippen molar-refractivity contribution in [1.82, 2.24) is 5.32 Å². The lowest BCUT2D eigenvalue weighted by Crippen LogP contribution is -2.35. The summed E-state index contributed by atoms with van der Waals surface area (Å²) in [5.41, 5.74) is 1.12. The van der Waals surface area contributed by atoms with Gasteiger partial charge in [0, 0.05) is 0 Å². The molecule has 3 rings (SSSR count). The number of halogens is 1. The molecule has 0 aliphatic carbocycles. The Labute approximate surface area is 168 Å². The molecule has 2 aromatic rings. The van der Waals surface area contributed by atoms with Gasteiger partial charge in [-0.1, -0.05) is 43.6 Å². The molecule has 0 saturated heterocycles. The third kappa shape index (κ3) is 4.75. The molecule has 148 valence electrons. The predicted molar refractivity (Wildman–Crippen MR) is 105 cm³/mol. The zero-order chi connectivity index (χ0) is 20.1. The van der Waals surface area contributed by atoms with Crippen molar-refractivity contribution in [3.8, 4) is 11.5 Å². The average Bonchev–Trinajstić information content (AvgIpc) is 2.70. The van der Waals surface area contributed by atoms with Gasteiger partial charge in [0.2, 0.25) is 0 Å². The van der Waals surface area contributed by atoms with Crippen LogP contribution >= 0.6 is 11.6 Å². The summed E-state index contributed by atoms with van der Waals surface area (Å²) >= 11 is 5.97. The Kier molecular flexibility index (Phi) is 6.41. The van der Waals surface area contributed by atoms with Gasteiger partial charge < -0.3 is 19.5 Å². The molecule has 1 heterocycles. The fourth-order valence-electron chi connectivity index (χ4n) is 2.94. The number of carbonyl (C=O) groups excluding carboxylic acids is 2. The number of ether oxygens (including phenoxy) is 3. The first-order valence-electron chi connectivity index (χ1n) is 9.06. The minimum atomic E-state index is -0.638. The topological polar surface area (TPSA) is 73.9 Å². The number of nitrogens with one attached hydrogen (secondary N) is 1. The summed E-state index contributed by atoms with van der Waals surface area (Å²) in [6, 6.07) is 11.9. The number of esters is 1. The van der Waals surface area contributed by atoms with Gasteiger partial charge in [0.25, 0.3) is 5.91 Å². The Hall–Kier alpha value is -2.73. The summed E-state index contributed by atoms with van der Waals surface area (Å²) < 4.78 is 16.3. The molecule has 0 unspecified atom stereocenters. The van der Waals surface area contributed by atoms with E-state index in [0.717, 1.165) is 5.56 Å². The second kappa shape index (κ2) is 8.97. The van der Waals surface area contributed by atoms with Crippen LogP contribution in [-0.4, -0.2) is 31.7 Å². The van der Waals surface area contributed by atoms with E-state index in [1.165, 1.54) is 0 Å². The van der Waals surface area contributed by atoms with Crippen LogP contribution in [0.15, 0.2) is 42.5 Å². The highest BCUT2D eigenvalue weighted by molar-refractivity contribution is 6.33. The molecule has 28 heavy (non-hydrogen) atoms. The minimum Gasteiger partial charge on any atom is -0.486 e. The summed E-state index contributed by atoms with van der Waals surface area (Å²) in [7, 11) is 0. The van der Waals surface area contributed by atoms with Crippen LogP contribution in [0, 0.1) is 5.92 Å². The molecule has 0 spiro atoms. The average molecular weight is 404 g/mol. The van der Waals surface area contributed by atoms with Crippen LogP contribution in [0.25, 0.3) is 0 Å². The van der Waals surface area contributed by atoms with Gasteiger partial charge >= 0.3 is 5.97 Å². The molecular weight excluding hydrogens is 382 g/mol. The second-order valence-corrected chi connectivity index (χ2v) is 7.16. The van der Waals surface area contributed by atoms with Crippen LogP contribution in [0.4, 0.5) is 0 Å². The molecule has 0 bridgehead atoms. The standard InChI is InChI=1S/C21H22ClNO5/c1-13(2)20(14-7-8-17-18(11-14)27-10-9-26-17)23-19(24)12-28-21(25)15-5-3-4-6-16(15)22/h3-8,11,13,20H,9-10,12H2,1-2H3,(H,23,24)/t20-/m0/s1. The number of rotatable bonds is 6. The maximum Gasteiger partial charge on any atom is 0.340 e. The maximum atomic E-state index is 12.4. The Morgan fingerprint density at radius 2 is 1.82 bits per heavy atom. The number of carbonyl (C=O) groups is 2. The number of fused-ring (bicyclic) bond motifs is 1. The Balaban J connectivity index is 1.63. The van der Waals surface area contributed by atoms with E-state index in [4.69, 9.17) is 25.8 Å². The summed E-state index contributed by atoms with van der Waals surface area (Å²) in [4.78, 5) is 24.5. The molecule has 1 atom stereocenters. The molecule has 0 aromatic heterocycles. The van der Waals surface area contributed by atoms with Gasteiger partial charge in [-0.25, -0.2) is 4.79 Å². The van der Waals surface area contributed by atoms with Crippen LogP contribution in [0.2, 0.25) is 5.02 Å². The largest absolute Gasteiger partial charge is 0.486 e. The van der Waals surface area contributed by atoms with E-state index in [1.54, 1.807) is 24.3 Å². The monoisotopic (exact) mass is 403 g/mol. The summed E-state index contributed by atoms with van der Waals surface area (Å²) in [6.07, 6.45) is 0. The van der Waals surface area contributed by atoms with Crippen LogP contribution < -0.4 is 14.8 Å². The van der Waals surface area contributed by atoms with Gasteiger partial charge in [-0.15, -0.1) is 0 Å². The molecule has 0 saturated carbocycles. The highest BCUT2D eigenvalue weighted by Crippen LogP contribution is 2.34. The zero-order valence-electron chi connectivity index (χ0n) is 15.7. The van der Waals surface area contributed by atoms with Gasteiger partial charge in [0.15, 0.2) is 18.1 Å². The quantitative estimate of drug-likeness (QED) is 0.743. The Morgan fingerprint density at radius 3 is 2.54 bits per heavy atom. The van der Waals surface area contributed by atoms with Gasteiger partial charge in [0.05, 0.1) is 16.6 Å². The smallest absolute Gasteiger partial charge is 0.340 e. The van der Waals surface area contributed by atoms with E-state index < -0.39 is 18.5 Å². The summed E-state index contributed by atoms with van der Waals surface area (Å²) in [6.45, 7) is 4.62. The van der Waals surface area contributed by atoms with Crippen molar-refractivity contribution in [3.63, 3.8) is 0 Å². The van der Waals surface area contributed by atoms with Gasteiger partial charge in [-0.2, -0.15) is 0 Å². The first-order valence-corrected chi connectivity index (χ1v) is 9.44. The van der Waals surface area contributed by atoms with Gasteiger partial charge in [0.1, 0.15) is 13.2 Å². The van der Waals surface area contributed by atoms with Crippen molar-refractivity contribution in [1.29, 1.82) is 0 Å². The lowest BCUT2D eigenvalue weighted by Gasteiger charge is -2.25. The normalized spacial score (nSPS) is 13.7. The molecule has 2 aromatic carbocycles. The first-order chi connectivity index (χ1) is 13.5. The van der Waals surface area contributed by atoms with E-state index in [2.05, 4.69) is 5.32 Å². The fourth-order valence-corrected chi connectivity index (χ4v) is 3.15. The maximum absolute atomic E-state index is 12.4. The van der Waals surface area contributed by atoms with Crippen molar-refractivity contribution in [3.05, 3.63) is 58.6 Å². The van der Waals surface area contributed by atoms with Crippen molar-refractivity contribution in [2.45, 2.75) is 19.9 Å². The number of hydrogen-bond acceptors (Lipinski definition) is 5. The van der Waals surface area contributed by atoms with E-state index >= 15 is 0 Å². The first kappa shape index (κ1) is 20.0. The van der Waals surface area contributed by atoms with Crippen molar-refractivity contribution in [2.75, 3.05) is 19.8 Å². The van der Waals surface area contributed by atoms with Crippen LogP contribution in [0.5, 0.6) is 11.5 Å². The van der Waals surface area contributed by atoms with Crippen LogP contribution in [-0.2, 0) is 9.53 Å². The van der Waals surface area contributed by atoms with E-state index in [1.807, 2.05) is 32.0 Å². The molecule has 0 radical (unpaired) electrons. The van der Waals surface area contributed by atoms with Gasteiger partial charge in [-0.3, -0.25) is 4.79 Å². The molecule has 0 fully saturated rings. The number of amides is 1. The highest BCUT2D eigenvalue weighted by atomic mass is 35.5. The van der Waals surface area contributed by atoms with Crippen LogP contribution in [0.1, 0.15) is 35.8 Å². The third-order valence-corrected chi connectivity index (χ3v) is 4.67. The van der Waals surface area contributed by atoms with Crippen LogP contribution in [0.3, 0.4) is 0 Å². The van der Waals surface area contributed by atoms with Gasteiger partial charge in [-0.05, 0) is 35.7 Å². The van der Waals surface area contributed by atoms with E-state index in [-0.39, 0.29) is 22.5 Å². The molecule has 1 aliphatic heterocycles. The third-order valence-electron chi connectivity index (χ3n) is 4.34. The molecule has 1 amide bonds. The van der Waals surface area contributed by atoms with Crippen molar-refractivity contribution >= 4 is 23.5 Å². The number of benzene rings is 2. The summed E-state index contributed by atoms with van der Waals surface area (Å²) in [5, 5.41) is 3.20. The van der Waals surface area contributed by atoms with E-state index in [0.29, 0.717) is 24.7 Å². The zero-order valence-corrected chi connectivity index (χ0v) is 16.5. The minimum absolute atomic E-state index is 0.116.